The summed E-state index contributed by atoms with van der Waals surface area (Å²) in [5.74, 6) is 0. The molecule has 2 nitrogen and oxygen atoms in total. The smallest absolute Gasteiger partial charge is 0.148 e. The number of hydrogen-bond acceptors (Lipinski definition) is 2. The fourth-order valence-electron chi connectivity index (χ4n) is 0.434. The number of ether oxygens (including phenoxy) is 1. The lowest BCUT2D eigenvalue weighted by atomic mass is 10.4. The third kappa shape index (κ3) is 0.954. The molecule has 1 radical (unpaired) electrons. The Morgan fingerprint density at radius 2 is 2.67 bits per heavy atom. The van der Waals surface area contributed by atoms with E-state index in [9.17, 15) is 0 Å². The molecule has 1 aliphatic heterocycles. The fraction of sp³-hybridized carbons (Fsp3) is 0.750. The maximum atomic E-state index is 4.83. The zero-order chi connectivity index (χ0) is 4.24. The van der Waals surface area contributed by atoms with Crippen molar-refractivity contribution in [3.05, 3.63) is 6.73 Å². The third-order valence-electron chi connectivity index (χ3n) is 0.750. The van der Waals surface area contributed by atoms with Crippen molar-refractivity contribution in [1.29, 1.82) is 0 Å². The van der Waals surface area contributed by atoms with Gasteiger partial charge in [0.1, 0.15) is 6.73 Å². The molecule has 1 rings (SSSR count). The van der Waals surface area contributed by atoms with Gasteiger partial charge in [0.15, 0.2) is 0 Å². The Bertz CT molecular complexity index is 23.0. The summed E-state index contributed by atoms with van der Waals surface area (Å²) in [5, 5.41) is 2.94. The minimum atomic E-state index is 0.882. The second kappa shape index (κ2) is 2.16. The largest absolute Gasteiger partial charge is 0.359 e. The Morgan fingerprint density at radius 1 is 1.67 bits per heavy atom. The molecule has 1 saturated heterocycles. The monoisotopic (exact) mass is 86.1 g/mol. The summed E-state index contributed by atoms with van der Waals surface area (Å²) in [7, 11) is 0. The van der Waals surface area contributed by atoms with Crippen molar-refractivity contribution < 1.29 is 4.74 Å². The molecular weight excluding hydrogens is 78.0 g/mol. The zero-order valence-corrected chi connectivity index (χ0v) is 3.61. The SMILES string of the molecule is [CH]1NCCCO1. The molecule has 0 saturated carbocycles. The molecule has 0 aliphatic carbocycles. The molecule has 1 N–H and O–H groups in total. The van der Waals surface area contributed by atoms with Crippen LogP contribution in [0.4, 0.5) is 0 Å². The van der Waals surface area contributed by atoms with Crippen molar-refractivity contribution in [2.45, 2.75) is 6.42 Å². The van der Waals surface area contributed by atoms with Gasteiger partial charge in [0.2, 0.25) is 0 Å². The Kier molecular flexibility index (Phi) is 1.47. The summed E-state index contributed by atoms with van der Waals surface area (Å²) < 4.78 is 4.83. The van der Waals surface area contributed by atoms with E-state index < -0.39 is 0 Å². The second-order valence-electron chi connectivity index (χ2n) is 1.30. The maximum absolute atomic E-state index is 4.83. The van der Waals surface area contributed by atoms with Crippen molar-refractivity contribution in [2.75, 3.05) is 13.2 Å². The van der Waals surface area contributed by atoms with Gasteiger partial charge in [-0.3, -0.25) is 5.32 Å². The van der Waals surface area contributed by atoms with Gasteiger partial charge < -0.3 is 4.74 Å². The first-order valence-electron chi connectivity index (χ1n) is 2.17. The molecule has 1 aliphatic rings. The number of hydrogen-bond donors (Lipinski definition) is 1. The normalized spacial score (nSPS) is 24.0. The van der Waals surface area contributed by atoms with Crippen molar-refractivity contribution in [3.8, 4) is 0 Å². The van der Waals surface area contributed by atoms with Crippen LogP contribution >= 0.6 is 0 Å². The fourth-order valence-corrected chi connectivity index (χ4v) is 0.434. The maximum Gasteiger partial charge on any atom is 0.148 e. The van der Waals surface area contributed by atoms with Gasteiger partial charge in [-0.1, -0.05) is 0 Å². The zero-order valence-electron chi connectivity index (χ0n) is 3.61. The highest BCUT2D eigenvalue weighted by Gasteiger charge is 1.94. The summed E-state index contributed by atoms with van der Waals surface area (Å²) in [6, 6.07) is 0. The molecule has 35 valence electrons. The predicted molar refractivity (Wildman–Crippen MR) is 22.9 cm³/mol. The highest BCUT2D eigenvalue weighted by molar-refractivity contribution is 4.54. The standard InChI is InChI=1S/C4H8NO/c1-2-5-4-6-3-1/h4-5H,1-3H2. The molecule has 0 aromatic carbocycles. The Balaban J connectivity index is 2.00. The quantitative estimate of drug-likeness (QED) is 0.452. The first-order valence-corrected chi connectivity index (χ1v) is 2.17. The highest BCUT2D eigenvalue weighted by atomic mass is 16.5. The molecule has 1 fully saturated rings. The highest BCUT2D eigenvalue weighted by Crippen LogP contribution is 1.88. The van der Waals surface area contributed by atoms with Gasteiger partial charge in [-0.15, -0.1) is 0 Å². The molecule has 0 amide bonds. The minimum absolute atomic E-state index is 0.882. The van der Waals surface area contributed by atoms with Crippen LogP contribution in [0.3, 0.4) is 0 Å². The van der Waals surface area contributed by atoms with Gasteiger partial charge in [0.25, 0.3) is 0 Å². The Labute approximate surface area is 37.5 Å². The molecule has 0 aromatic heterocycles. The van der Waals surface area contributed by atoms with Crippen LogP contribution in [-0.2, 0) is 4.74 Å². The van der Waals surface area contributed by atoms with Gasteiger partial charge in [0, 0.05) is 0 Å². The van der Waals surface area contributed by atoms with Crippen molar-refractivity contribution in [2.24, 2.45) is 0 Å². The molecule has 1 heterocycles. The van der Waals surface area contributed by atoms with Gasteiger partial charge >= 0.3 is 0 Å². The van der Waals surface area contributed by atoms with E-state index in [0.29, 0.717) is 0 Å². The van der Waals surface area contributed by atoms with Crippen molar-refractivity contribution in [1.82, 2.24) is 5.32 Å². The van der Waals surface area contributed by atoms with Crippen LogP contribution in [-0.4, -0.2) is 13.2 Å². The molecule has 2 heteroatoms. The first kappa shape index (κ1) is 4.09. The van der Waals surface area contributed by atoms with E-state index in [1.807, 2.05) is 0 Å². The van der Waals surface area contributed by atoms with Gasteiger partial charge in [-0.2, -0.15) is 0 Å². The predicted octanol–water partition coefficient (Wildman–Crippen LogP) is 0.116. The lowest BCUT2D eigenvalue weighted by Gasteiger charge is -2.09. The van der Waals surface area contributed by atoms with Gasteiger partial charge in [-0.05, 0) is 13.0 Å². The Hall–Kier alpha value is -0.0800. The molecule has 0 unspecified atom stereocenters. The molecular formula is C4H8NO. The van der Waals surface area contributed by atoms with Crippen LogP contribution in [0.25, 0.3) is 0 Å². The second-order valence-corrected chi connectivity index (χ2v) is 1.30. The van der Waals surface area contributed by atoms with E-state index in [2.05, 4.69) is 5.32 Å². The summed E-state index contributed by atoms with van der Waals surface area (Å²) in [6.07, 6.45) is 1.14. The van der Waals surface area contributed by atoms with Crippen LogP contribution < -0.4 is 5.32 Å². The van der Waals surface area contributed by atoms with Crippen LogP contribution in [0, 0.1) is 6.73 Å². The molecule has 0 aromatic rings. The van der Waals surface area contributed by atoms with E-state index in [1.165, 1.54) is 0 Å². The van der Waals surface area contributed by atoms with Gasteiger partial charge in [-0.25, -0.2) is 0 Å². The van der Waals surface area contributed by atoms with E-state index in [1.54, 1.807) is 6.73 Å². The summed E-state index contributed by atoms with van der Waals surface area (Å²) in [5.41, 5.74) is 0. The third-order valence-corrected chi connectivity index (χ3v) is 0.750. The van der Waals surface area contributed by atoms with Crippen LogP contribution in [0.2, 0.25) is 0 Å². The van der Waals surface area contributed by atoms with Crippen LogP contribution in [0.1, 0.15) is 6.42 Å². The summed E-state index contributed by atoms with van der Waals surface area (Å²) in [4.78, 5) is 0. The van der Waals surface area contributed by atoms with E-state index in [0.717, 1.165) is 19.6 Å². The lowest BCUT2D eigenvalue weighted by molar-refractivity contribution is 0.146. The van der Waals surface area contributed by atoms with Gasteiger partial charge in [0.05, 0.1) is 6.61 Å². The topological polar surface area (TPSA) is 21.3 Å². The average Bonchev–Trinajstić information content (AvgIpc) is 1.72. The van der Waals surface area contributed by atoms with Crippen molar-refractivity contribution in [3.63, 3.8) is 0 Å². The average molecular weight is 86.1 g/mol. The molecule has 0 atom stereocenters. The summed E-state index contributed by atoms with van der Waals surface area (Å²) in [6.45, 7) is 3.59. The van der Waals surface area contributed by atoms with E-state index in [4.69, 9.17) is 4.74 Å². The summed E-state index contributed by atoms with van der Waals surface area (Å²) >= 11 is 0. The van der Waals surface area contributed by atoms with E-state index in [-0.39, 0.29) is 0 Å². The number of nitrogens with one attached hydrogen (secondary N) is 1. The van der Waals surface area contributed by atoms with Crippen molar-refractivity contribution >= 4 is 0 Å². The number of rotatable bonds is 0. The van der Waals surface area contributed by atoms with Crippen LogP contribution in [0.15, 0.2) is 0 Å². The van der Waals surface area contributed by atoms with Crippen LogP contribution in [0.5, 0.6) is 0 Å². The Morgan fingerprint density at radius 3 is 2.83 bits per heavy atom. The lowest BCUT2D eigenvalue weighted by Crippen LogP contribution is -2.21. The molecule has 0 spiro atoms. The minimum Gasteiger partial charge on any atom is -0.359 e. The first-order chi connectivity index (χ1) is 3.00. The molecule has 0 bridgehead atoms. The van der Waals surface area contributed by atoms with E-state index >= 15 is 0 Å². The molecule has 6 heavy (non-hydrogen) atoms.